The van der Waals surface area contributed by atoms with Gasteiger partial charge in [0.2, 0.25) is 0 Å². The van der Waals surface area contributed by atoms with E-state index in [1.54, 1.807) is 0 Å². The Balaban J connectivity index is 4.67. The summed E-state index contributed by atoms with van der Waals surface area (Å²) in [6.07, 6.45) is -4.72. The molecule has 0 saturated heterocycles. The van der Waals surface area contributed by atoms with Crippen LogP contribution in [0.3, 0.4) is 0 Å². The Morgan fingerprint density at radius 1 is 1.06 bits per heavy atom. The quantitative estimate of drug-likeness (QED) is 0.538. The van der Waals surface area contributed by atoms with Gasteiger partial charge in [0.05, 0.1) is 19.2 Å². The van der Waals surface area contributed by atoms with Gasteiger partial charge in [0.1, 0.15) is 0 Å². The molecule has 0 spiro atoms. The maximum Gasteiger partial charge on any atom is 0.416 e. The van der Waals surface area contributed by atoms with E-state index < -0.39 is 37.5 Å². The van der Waals surface area contributed by atoms with Crippen LogP contribution in [0.2, 0.25) is 0 Å². The van der Waals surface area contributed by atoms with Crippen LogP contribution in [0.4, 0.5) is 14.4 Å². The molecule has 0 aliphatic rings. The SMILES string of the molecule is CC(CN(C(=O)O)C(=O)O)N(CCO)C(=O)O. The van der Waals surface area contributed by atoms with E-state index in [4.69, 9.17) is 20.4 Å². The second kappa shape index (κ2) is 6.53. The van der Waals surface area contributed by atoms with Crippen LogP contribution in [0, 0.1) is 0 Å². The van der Waals surface area contributed by atoms with Gasteiger partial charge in [0, 0.05) is 6.54 Å². The van der Waals surface area contributed by atoms with E-state index in [0.29, 0.717) is 0 Å². The summed E-state index contributed by atoms with van der Waals surface area (Å²) in [7, 11) is 0. The number of nitrogens with zero attached hydrogens (tertiary/aromatic N) is 2. The van der Waals surface area contributed by atoms with Crippen LogP contribution in [0.1, 0.15) is 6.92 Å². The van der Waals surface area contributed by atoms with Crippen LogP contribution in [0.25, 0.3) is 0 Å². The van der Waals surface area contributed by atoms with Crippen LogP contribution in [0.15, 0.2) is 0 Å². The highest BCUT2D eigenvalue weighted by atomic mass is 16.4. The summed E-state index contributed by atoms with van der Waals surface area (Å²) >= 11 is 0. The van der Waals surface area contributed by atoms with Crippen molar-refractivity contribution in [2.24, 2.45) is 0 Å². The summed E-state index contributed by atoms with van der Waals surface area (Å²) in [5.74, 6) is 0. The van der Waals surface area contributed by atoms with Crippen molar-refractivity contribution in [2.75, 3.05) is 19.7 Å². The predicted octanol–water partition coefficient (Wildman–Crippen LogP) is 0.00520. The number of hydrogen-bond donors (Lipinski definition) is 4. The van der Waals surface area contributed by atoms with Crippen LogP contribution in [-0.4, -0.2) is 74.2 Å². The molecule has 0 rings (SSSR count). The first kappa shape index (κ1) is 15.0. The molecular weight excluding hydrogens is 236 g/mol. The van der Waals surface area contributed by atoms with Crippen molar-refractivity contribution >= 4 is 18.3 Å². The number of hydrogen-bond acceptors (Lipinski definition) is 4. The van der Waals surface area contributed by atoms with Gasteiger partial charge in [0.15, 0.2) is 0 Å². The molecule has 3 amide bonds. The third kappa shape index (κ3) is 4.55. The maximum absolute atomic E-state index is 10.8. The van der Waals surface area contributed by atoms with E-state index >= 15 is 0 Å². The van der Waals surface area contributed by atoms with Crippen LogP contribution in [0.5, 0.6) is 0 Å². The van der Waals surface area contributed by atoms with Gasteiger partial charge in [-0.25, -0.2) is 19.3 Å². The van der Waals surface area contributed by atoms with E-state index in [1.165, 1.54) is 6.92 Å². The summed E-state index contributed by atoms with van der Waals surface area (Å²) in [4.78, 5) is 32.7. The van der Waals surface area contributed by atoms with Crippen molar-refractivity contribution in [3.63, 3.8) is 0 Å². The highest BCUT2D eigenvalue weighted by Crippen LogP contribution is 2.03. The maximum atomic E-state index is 10.8. The Morgan fingerprint density at radius 3 is 1.82 bits per heavy atom. The fourth-order valence-corrected chi connectivity index (χ4v) is 1.21. The molecule has 0 fully saturated rings. The van der Waals surface area contributed by atoms with Gasteiger partial charge in [0.25, 0.3) is 0 Å². The molecule has 0 heterocycles. The lowest BCUT2D eigenvalue weighted by Gasteiger charge is -2.28. The van der Waals surface area contributed by atoms with E-state index in [1.807, 2.05) is 0 Å². The minimum atomic E-state index is -1.68. The molecule has 9 heteroatoms. The van der Waals surface area contributed by atoms with Crippen LogP contribution < -0.4 is 0 Å². The fraction of sp³-hybridized carbons (Fsp3) is 0.625. The van der Waals surface area contributed by atoms with Crippen molar-refractivity contribution in [3.05, 3.63) is 0 Å². The number of aliphatic hydroxyl groups excluding tert-OH is 1. The van der Waals surface area contributed by atoms with E-state index in [0.717, 1.165) is 4.90 Å². The van der Waals surface area contributed by atoms with E-state index in [2.05, 4.69) is 0 Å². The van der Waals surface area contributed by atoms with Crippen molar-refractivity contribution in [1.29, 1.82) is 0 Å². The Morgan fingerprint density at radius 2 is 1.53 bits per heavy atom. The van der Waals surface area contributed by atoms with Gasteiger partial charge in [-0.05, 0) is 6.92 Å². The zero-order valence-electron chi connectivity index (χ0n) is 9.11. The first-order valence-corrected chi connectivity index (χ1v) is 4.65. The third-order valence-corrected chi connectivity index (χ3v) is 2.03. The van der Waals surface area contributed by atoms with Gasteiger partial charge in [-0.1, -0.05) is 0 Å². The molecule has 0 radical (unpaired) electrons. The van der Waals surface area contributed by atoms with Gasteiger partial charge < -0.3 is 25.3 Å². The predicted molar refractivity (Wildman–Crippen MR) is 54.0 cm³/mol. The molecule has 0 aromatic carbocycles. The molecule has 0 aromatic rings. The number of amides is 3. The number of imide groups is 1. The molecular formula is C8H14N2O7. The van der Waals surface area contributed by atoms with Crippen molar-refractivity contribution in [2.45, 2.75) is 13.0 Å². The highest BCUT2D eigenvalue weighted by molar-refractivity contribution is 5.85. The first-order chi connectivity index (χ1) is 7.81. The number of carboxylic acid groups (broad SMARTS) is 3. The Kier molecular flexibility index (Phi) is 5.75. The normalized spacial score (nSPS) is 11.6. The lowest BCUT2D eigenvalue weighted by Crippen LogP contribution is -2.48. The minimum Gasteiger partial charge on any atom is -0.465 e. The standard InChI is InChI=1S/C8H14N2O7/c1-5(9(2-3-11)6(12)13)4-10(7(14)15)8(16)17/h5,11H,2-4H2,1H3,(H,12,13)(H,14,15)(H,16,17). The lowest BCUT2D eigenvalue weighted by molar-refractivity contribution is 0.0877. The topological polar surface area (TPSA) is 139 Å². The average molecular weight is 250 g/mol. The van der Waals surface area contributed by atoms with Gasteiger partial charge in [-0.15, -0.1) is 0 Å². The molecule has 0 aromatic heterocycles. The van der Waals surface area contributed by atoms with Crippen LogP contribution in [-0.2, 0) is 0 Å². The summed E-state index contributed by atoms with van der Waals surface area (Å²) < 4.78 is 0. The molecule has 17 heavy (non-hydrogen) atoms. The number of carbonyl (C=O) groups is 3. The zero-order chi connectivity index (χ0) is 13.6. The van der Waals surface area contributed by atoms with Gasteiger partial charge in [-0.2, -0.15) is 0 Å². The molecule has 98 valence electrons. The fourth-order valence-electron chi connectivity index (χ4n) is 1.21. The minimum absolute atomic E-state index is 0.0813. The third-order valence-electron chi connectivity index (χ3n) is 2.03. The second-order valence-electron chi connectivity index (χ2n) is 3.22. The smallest absolute Gasteiger partial charge is 0.416 e. The number of aliphatic hydroxyl groups is 1. The van der Waals surface area contributed by atoms with Gasteiger partial charge in [-0.3, -0.25) is 0 Å². The molecule has 0 aliphatic heterocycles. The molecule has 0 saturated carbocycles. The summed E-state index contributed by atoms with van der Waals surface area (Å²) in [5.41, 5.74) is 0. The second-order valence-corrected chi connectivity index (χ2v) is 3.22. The van der Waals surface area contributed by atoms with Crippen molar-refractivity contribution in [1.82, 2.24) is 9.80 Å². The monoisotopic (exact) mass is 250 g/mol. The largest absolute Gasteiger partial charge is 0.465 e. The average Bonchev–Trinajstić information content (AvgIpc) is 2.20. The molecule has 9 nitrogen and oxygen atoms in total. The molecule has 0 bridgehead atoms. The zero-order valence-corrected chi connectivity index (χ0v) is 9.11. The first-order valence-electron chi connectivity index (χ1n) is 4.65. The van der Waals surface area contributed by atoms with Gasteiger partial charge >= 0.3 is 18.3 Å². The summed E-state index contributed by atoms with van der Waals surface area (Å²) in [5, 5.41) is 34.5. The van der Waals surface area contributed by atoms with Crippen LogP contribution >= 0.6 is 0 Å². The molecule has 1 unspecified atom stereocenters. The van der Waals surface area contributed by atoms with E-state index in [9.17, 15) is 14.4 Å². The lowest BCUT2D eigenvalue weighted by atomic mass is 10.3. The highest BCUT2D eigenvalue weighted by Gasteiger charge is 2.27. The summed E-state index contributed by atoms with van der Waals surface area (Å²) in [6, 6.07) is -0.883. The van der Waals surface area contributed by atoms with E-state index in [-0.39, 0.29) is 11.4 Å². The van der Waals surface area contributed by atoms with Crippen molar-refractivity contribution in [3.8, 4) is 0 Å². The van der Waals surface area contributed by atoms with Crippen molar-refractivity contribution < 1.29 is 34.8 Å². The molecule has 0 aliphatic carbocycles. The summed E-state index contributed by atoms with van der Waals surface area (Å²) in [6.45, 7) is 0.181. The Hall–Kier alpha value is -2.03. The Bertz CT molecular complexity index is 292. The molecule has 4 N–H and O–H groups in total. The molecule has 1 atom stereocenters. The Labute approximate surface area is 96.5 Å². The number of rotatable bonds is 5.